The van der Waals surface area contributed by atoms with Gasteiger partial charge in [0.2, 0.25) is 0 Å². The number of hydrogen-bond acceptors (Lipinski definition) is 9. The fourth-order valence-corrected chi connectivity index (χ4v) is 9.17. The van der Waals surface area contributed by atoms with Crippen LogP contribution in [0.5, 0.6) is 11.5 Å². The molecular weight excluding hydrogens is 446 g/mol. The maximum Gasteiger partial charge on any atom is 0.309 e. The number of carbonyl (C=O) groups excluding carboxylic acids is 1. The van der Waals surface area contributed by atoms with E-state index in [0.717, 1.165) is 0 Å². The summed E-state index contributed by atoms with van der Waals surface area (Å²) < 4.78 is 67.2. The van der Waals surface area contributed by atoms with Crippen molar-refractivity contribution in [1.82, 2.24) is 4.90 Å². The van der Waals surface area contributed by atoms with Crippen LogP contribution in [-0.2, 0) is 29.2 Å². The summed E-state index contributed by atoms with van der Waals surface area (Å²) in [6.07, 6.45) is 1.02. The van der Waals surface area contributed by atoms with Crippen LogP contribution in [0.25, 0.3) is 0 Å². The molecule has 0 aliphatic carbocycles. The molecule has 2 atom stereocenters. The van der Waals surface area contributed by atoms with Gasteiger partial charge in [0.15, 0.2) is 31.2 Å². The summed E-state index contributed by atoms with van der Waals surface area (Å²) in [5.74, 6) is -0.486. The second kappa shape index (κ2) is 9.33. The SMILES string of the molecule is CCOC(=O)C1CCN([C@H]2CS(=O)(=O)C[C@@H]2S(=O)(=O)c2ccc(OC)c(OC)c2)CC1. The maximum absolute atomic E-state index is 13.4. The molecule has 2 heterocycles. The average Bonchev–Trinajstić information content (AvgIpc) is 3.09. The van der Waals surface area contributed by atoms with Crippen LogP contribution in [0.1, 0.15) is 19.8 Å². The third-order valence-electron chi connectivity index (χ3n) is 5.97. The van der Waals surface area contributed by atoms with Gasteiger partial charge in [-0.2, -0.15) is 0 Å². The first kappa shape index (κ1) is 23.8. The number of nitrogens with zero attached hydrogens (tertiary/aromatic N) is 1. The number of methoxy groups -OCH3 is 2. The van der Waals surface area contributed by atoms with Crippen LogP contribution < -0.4 is 9.47 Å². The molecule has 0 bridgehead atoms. The zero-order valence-corrected chi connectivity index (χ0v) is 19.6. The Bertz CT molecular complexity index is 1010. The van der Waals surface area contributed by atoms with Gasteiger partial charge >= 0.3 is 5.97 Å². The van der Waals surface area contributed by atoms with Gasteiger partial charge in [-0.05, 0) is 45.0 Å². The van der Waals surface area contributed by atoms with E-state index >= 15 is 0 Å². The smallest absolute Gasteiger partial charge is 0.309 e. The highest BCUT2D eigenvalue weighted by Crippen LogP contribution is 2.35. The zero-order chi connectivity index (χ0) is 22.8. The molecule has 1 aromatic carbocycles. The molecule has 174 valence electrons. The van der Waals surface area contributed by atoms with E-state index in [2.05, 4.69) is 0 Å². The van der Waals surface area contributed by atoms with Gasteiger partial charge in [-0.3, -0.25) is 9.69 Å². The van der Waals surface area contributed by atoms with Crippen molar-refractivity contribution in [3.8, 4) is 11.5 Å². The van der Waals surface area contributed by atoms with E-state index in [-0.39, 0.29) is 28.3 Å². The van der Waals surface area contributed by atoms with Crippen LogP contribution >= 0.6 is 0 Å². The second-order valence-corrected chi connectivity index (χ2v) is 12.1. The molecule has 2 aliphatic heterocycles. The van der Waals surface area contributed by atoms with E-state index in [1.54, 1.807) is 6.92 Å². The molecule has 11 heteroatoms. The average molecular weight is 476 g/mol. The minimum atomic E-state index is -3.95. The predicted octanol–water partition coefficient (Wildman–Crippen LogP) is 0.918. The number of carbonyl (C=O) groups is 1. The van der Waals surface area contributed by atoms with Crippen molar-refractivity contribution in [1.29, 1.82) is 0 Å². The van der Waals surface area contributed by atoms with Crippen LogP contribution in [0.4, 0.5) is 0 Å². The maximum atomic E-state index is 13.4. The van der Waals surface area contributed by atoms with Crippen LogP contribution in [0.3, 0.4) is 0 Å². The number of piperidine rings is 1. The first-order valence-electron chi connectivity index (χ1n) is 10.2. The van der Waals surface area contributed by atoms with Crippen molar-refractivity contribution in [3.63, 3.8) is 0 Å². The van der Waals surface area contributed by atoms with Gasteiger partial charge in [0.05, 0.1) is 48.4 Å². The van der Waals surface area contributed by atoms with Crippen molar-refractivity contribution >= 4 is 25.6 Å². The standard InChI is InChI=1S/C20H29NO8S2/c1-4-29-20(22)14-7-9-21(10-8-14)16-12-30(23,24)13-19(16)31(25,26)15-5-6-17(27-2)18(11-15)28-3/h5-6,11,14,16,19H,4,7-10,12-13H2,1-3H3/t16-,19-/m0/s1. The van der Waals surface area contributed by atoms with Gasteiger partial charge in [-0.1, -0.05) is 0 Å². The molecule has 2 saturated heterocycles. The van der Waals surface area contributed by atoms with Crippen LogP contribution in [0, 0.1) is 5.92 Å². The quantitative estimate of drug-likeness (QED) is 0.531. The van der Waals surface area contributed by atoms with Gasteiger partial charge in [-0.15, -0.1) is 0 Å². The van der Waals surface area contributed by atoms with Gasteiger partial charge in [0.1, 0.15) is 0 Å². The minimum Gasteiger partial charge on any atom is -0.493 e. The topological polar surface area (TPSA) is 116 Å². The molecule has 3 rings (SSSR count). The van der Waals surface area contributed by atoms with Crippen molar-refractivity contribution < 1.29 is 35.8 Å². The Morgan fingerprint density at radius 3 is 2.32 bits per heavy atom. The van der Waals surface area contributed by atoms with Gasteiger partial charge in [0.25, 0.3) is 0 Å². The molecular formula is C20H29NO8S2. The van der Waals surface area contributed by atoms with Crippen LogP contribution in [-0.4, -0.2) is 84.4 Å². The Balaban J connectivity index is 1.85. The molecule has 0 amide bonds. The van der Waals surface area contributed by atoms with Crippen molar-refractivity contribution in [2.24, 2.45) is 5.92 Å². The molecule has 2 fully saturated rings. The van der Waals surface area contributed by atoms with Crippen LogP contribution in [0.2, 0.25) is 0 Å². The molecule has 0 aromatic heterocycles. The minimum absolute atomic E-state index is 0.00124. The van der Waals surface area contributed by atoms with E-state index in [4.69, 9.17) is 14.2 Å². The lowest BCUT2D eigenvalue weighted by atomic mass is 9.95. The molecule has 0 unspecified atom stereocenters. The van der Waals surface area contributed by atoms with Crippen molar-refractivity contribution in [2.45, 2.75) is 36.0 Å². The summed E-state index contributed by atoms with van der Waals surface area (Å²) >= 11 is 0. The summed E-state index contributed by atoms with van der Waals surface area (Å²) in [5, 5.41) is -1.09. The Hall–Kier alpha value is -1.85. The predicted molar refractivity (Wildman–Crippen MR) is 114 cm³/mol. The largest absolute Gasteiger partial charge is 0.493 e. The number of ether oxygens (including phenoxy) is 3. The van der Waals surface area contributed by atoms with Gasteiger partial charge in [-0.25, -0.2) is 16.8 Å². The first-order valence-corrected chi connectivity index (χ1v) is 13.6. The fourth-order valence-electron chi connectivity index (χ4n) is 4.33. The molecule has 0 spiro atoms. The van der Waals surface area contributed by atoms with Crippen LogP contribution in [0.15, 0.2) is 23.1 Å². The Labute approximate surface area is 183 Å². The molecule has 0 radical (unpaired) electrons. The summed E-state index contributed by atoms with van der Waals surface area (Å²) in [7, 11) is -4.62. The Morgan fingerprint density at radius 1 is 1.10 bits per heavy atom. The third kappa shape index (κ3) is 4.98. The van der Waals surface area contributed by atoms with Gasteiger partial charge in [0, 0.05) is 12.1 Å². The van der Waals surface area contributed by atoms with E-state index in [1.807, 2.05) is 4.90 Å². The summed E-state index contributed by atoms with van der Waals surface area (Å²) in [4.78, 5) is 13.9. The first-order chi connectivity index (χ1) is 14.6. The van der Waals surface area contributed by atoms with E-state index in [9.17, 15) is 21.6 Å². The van der Waals surface area contributed by atoms with Crippen molar-refractivity contribution in [3.05, 3.63) is 18.2 Å². The molecule has 2 aliphatic rings. The molecule has 31 heavy (non-hydrogen) atoms. The number of sulfone groups is 2. The zero-order valence-electron chi connectivity index (χ0n) is 17.9. The Morgan fingerprint density at radius 2 is 1.74 bits per heavy atom. The summed E-state index contributed by atoms with van der Waals surface area (Å²) in [5.41, 5.74) is 0. The highest BCUT2D eigenvalue weighted by molar-refractivity contribution is 7.96. The van der Waals surface area contributed by atoms with E-state index < -0.39 is 36.7 Å². The number of esters is 1. The molecule has 9 nitrogen and oxygen atoms in total. The third-order valence-corrected chi connectivity index (χ3v) is 10.1. The lowest BCUT2D eigenvalue weighted by molar-refractivity contribution is -0.149. The second-order valence-electron chi connectivity index (χ2n) is 7.81. The van der Waals surface area contributed by atoms with E-state index in [0.29, 0.717) is 38.3 Å². The lowest BCUT2D eigenvalue weighted by Gasteiger charge is -2.36. The molecule has 0 saturated carbocycles. The number of likely N-dealkylation sites (tertiary alicyclic amines) is 1. The highest BCUT2D eigenvalue weighted by atomic mass is 32.2. The Kier molecular flexibility index (Phi) is 7.17. The highest BCUT2D eigenvalue weighted by Gasteiger charge is 2.49. The van der Waals surface area contributed by atoms with Crippen molar-refractivity contribution in [2.75, 3.05) is 45.4 Å². The number of benzene rings is 1. The monoisotopic (exact) mass is 475 g/mol. The fraction of sp³-hybridized carbons (Fsp3) is 0.650. The van der Waals surface area contributed by atoms with Gasteiger partial charge < -0.3 is 14.2 Å². The normalized spacial score (nSPS) is 24.6. The summed E-state index contributed by atoms with van der Waals surface area (Å²) in [6.45, 7) is 2.95. The number of hydrogen-bond donors (Lipinski definition) is 0. The molecule has 1 aromatic rings. The number of rotatable bonds is 7. The summed E-state index contributed by atoms with van der Waals surface area (Å²) in [6, 6.07) is 3.61. The lowest BCUT2D eigenvalue weighted by Crippen LogP contribution is -2.50. The van der Waals surface area contributed by atoms with E-state index in [1.165, 1.54) is 32.4 Å². The molecule has 0 N–H and O–H groups in total.